The number of pyridine rings is 6. The predicted molar refractivity (Wildman–Crippen MR) is 407 cm³/mol. The van der Waals surface area contributed by atoms with Gasteiger partial charge >= 0.3 is 17.9 Å². The smallest absolute Gasteiger partial charge is 0.326 e. The Labute approximate surface area is 631 Å². The zero-order valence-electron chi connectivity index (χ0n) is 63.6. The molecule has 9 N–H and O–H groups in total. The minimum absolute atomic E-state index is 0.109. The minimum Gasteiger partial charge on any atom is -0.480 e. The number of carboxylic acid groups (broad SMARTS) is 3. The minimum atomic E-state index is -4.33. The number of nitrogens with zero attached hydrogens (tertiary/aromatic N) is 9. The van der Waals surface area contributed by atoms with Gasteiger partial charge in [0.15, 0.2) is 15.1 Å². The molecule has 3 amide bonds. The summed E-state index contributed by atoms with van der Waals surface area (Å²) in [5, 5.41) is 36.7. The van der Waals surface area contributed by atoms with Crippen LogP contribution in [0.15, 0.2) is 106 Å². The standard InChI is InChI=1S/3C25H33N5O5S/c3*1-24(2,3)18-12-10-16-21(27-18)30-14-15(13-25(30,4)5)9-11-17(23(32)33)26-19-7-6-8-20(28-19)36(34,35)29-22(16)31/h3*6-8,10,12,15,17H,9,11,13-14H2,1-5H3,(H,26,28)(H,29,31)(H,32,33)/t3*15-,17?/m000/s1. The lowest BCUT2D eigenvalue weighted by molar-refractivity contribution is -0.139. The van der Waals surface area contributed by atoms with Gasteiger partial charge in [-0.05, 0) is 190 Å². The summed E-state index contributed by atoms with van der Waals surface area (Å²) in [4.78, 5) is 109. The SMILES string of the molecule is CC(C)(C)c1ccc2c(n1)N1C[C@@H](CCC(C(=O)O)Nc3cccc(n3)S(=O)(=O)NC2=O)CC1(C)C.CC(C)(C)c1ccc2c(n1)N1C[C@@H](CCC(C(=O)O)Nc3cccc(n3)S(=O)(=O)NC2=O)CC1(C)C.CC(C)(C)c1ccc2c(n1)N1C[C@@H](CCC(C(=O)O)Nc3cccc(n3)S(=O)(=O)NC2=O)CC1(C)C. The maximum absolute atomic E-state index is 13.4. The second-order valence-electron chi connectivity index (χ2n) is 33.7. The molecule has 12 heterocycles. The van der Waals surface area contributed by atoms with Crippen molar-refractivity contribution >= 4 is 101 Å². The lowest BCUT2D eigenvalue weighted by Crippen LogP contribution is -2.41. The number of aromatic nitrogens is 6. The van der Waals surface area contributed by atoms with Crippen molar-refractivity contribution < 1.29 is 69.3 Å². The predicted octanol–water partition coefficient (Wildman–Crippen LogP) is 9.47. The Morgan fingerprint density at radius 1 is 0.380 bits per heavy atom. The van der Waals surface area contributed by atoms with Crippen molar-refractivity contribution in [3.63, 3.8) is 0 Å². The molecule has 12 rings (SSSR count). The maximum Gasteiger partial charge on any atom is 0.326 e. The Bertz CT molecular complexity index is 4380. The second kappa shape index (κ2) is 30.1. The molecule has 6 atom stereocenters. The zero-order valence-corrected chi connectivity index (χ0v) is 66.0. The van der Waals surface area contributed by atoms with E-state index in [-0.39, 0.29) is 99.8 Å². The fourth-order valence-electron chi connectivity index (χ4n) is 14.7. The normalized spacial score (nSPS) is 23.5. The maximum atomic E-state index is 13.4. The van der Waals surface area contributed by atoms with E-state index < -0.39 is 83.8 Å². The van der Waals surface area contributed by atoms with E-state index in [2.05, 4.69) is 101 Å². The fraction of sp³-hybridized carbons (Fsp3) is 0.520. The number of rotatable bonds is 3. The molecule has 3 saturated heterocycles. The number of hydrogen-bond donors (Lipinski definition) is 9. The summed E-state index contributed by atoms with van der Waals surface area (Å²) in [6.45, 7) is 32.2. The van der Waals surface area contributed by atoms with Crippen molar-refractivity contribution in [2.24, 2.45) is 17.8 Å². The molecule has 6 aromatic heterocycles. The molecule has 0 spiro atoms. The van der Waals surface area contributed by atoms with Gasteiger partial charge in [0.05, 0.1) is 16.7 Å². The topological polar surface area (TPSA) is 425 Å². The molecule has 6 aliphatic heterocycles. The number of carbonyl (C=O) groups excluding carboxylic acids is 3. The Morgan fingerprint density at radius 2 is 0.620 bits per heavy atom. The monoisotopic (exact) mass is 1550 g/mol. The molecule has 0 radical (unpaired) electrons. The highest BCUT2D eigenvalue weighted by Crippen LogP contribution is 2.44. The van der Waals surface area contributed by atoms with Crippen molar-refractivity contribution in [1.29, 1.82) is 0 Å². The molecule has 3 unspecified atom stereocenters. The van der Waals surface area contributed by atoms with Crippen LogP contribution < -0.4 is 44.8 Å². The highest BCUT2D eigenvalue weighted by Gasteiger charge is 2.46. The zero-order chi connectivity index (χ0) is 79.4. The van der Waals surface area contributed by atoms with Crippen LogP contribution in [0.2, 0.25) is 0 Å². The van der Waals surface area contributed by atoms with Crippen LogP contribution in [0.5, 0.6) is 0 Å². The molecule has 0 saturated carbocycles. The number of hydrogen-bond acceptors (Lipinski definition) is 24. The molecular formula is C75H99N15O15S3. The first-order valence-corrected chi connectivity index (χ1v) is 40.4. The van der Waals surface area contributed by atoms with Gasteiger partial charge in [0.2, 0.25) is 0 Å². The number of sulfonamides is 3. The molecule has 0 aliphatic carbocycles. The van der Waals surface area contributed by atoms with Gasteiger partial charge in [-0.15, -0.1) is 0 Å². The molecule has 30 nitrogen and oxygen atoms in total. The van der Waals surface area contributed by atoms with Crippen LogP contribution in [-0.2, 0) is 60.7 Å². The Morgan fingerprint density at radius 3 is 0.843 bits per heavy atom. The van der Waals surface area contributed by atoms with Gasteiger partial charge in [-0.3, -0.25) is 14.4 Å². The largest absolute Gasteiger partial charge is 0.480 e. The third-order valence-electron chi connectivity index (χ3n) is 20.4. The number of nitrogens with one attached hydrogen (secondary N) is 6. The number of carboxylic acids is 3. The summed E-state index contributed by atoms with van der Waals surface area (Å²) in [6.07, 6.45) is 5.20. The number of aliphatic carboxylic acids is 3. The Hall–Kier alpha value is -9.63. The summed E-state index contributed by atoms with van der Waals surface area (Å²) >= 11 is 0. The van der Waals surface area contributed by atoms with E-state index in [1.54, 1.807) is 36.4 Å². The molecule has 582 valence electrons. The number of carbonyl (C=O) groups is 6. The second-order valence-corrected chi connectivity index (χ2v) is 38.5. The molecular weight excluding hydrogens is 1450 g/mol. The summed E-state index contributed by atoms with van der Waals surface area (Å²) in [5.74, 6) is -3.44. The lowest BCUT2D eigenvalue weighted by atomic mass is 9.91. The molecule has 6 aromatic rings. The van der Waals surface area contributed by atoms with E-state index >= 15 is 0 Å². The van der Waals surface area contributed by atoms with Crippen LogP contribution in [0.1, 0.15) is 210 Å². The van der Waals surface area contributed by atoms with E-state index in [9.17, 15) is 69.3 Å². The van der Waals surface area contributed by atoms with E-state index in [1.165, 1.54) is 54.6 Å². The summed E-state index contributed by atoms with van der Waals surface area (Å²) in [6, 6.07) is 19.9. The van der Waals surface area contributed by atoms with Gasteiger partial charge in [0.25, 0.3) is 47.8 Å². The van der Waals surface area contributed by atoms with E-state index in [1.807, 2.05) is 62.3 Å². The highest BCUT2D eigenvalue weighted by molar-refractivity contribution is 7.90. The summed E-state index contributed by atoms with van der Waals surface area (Å²) in [5.41, 5.74) is 0.809. The number of fused-ring (bicyclic) bond motifs is 18. The fourth-order valence-corrected chi connectivity index (χ4v) is 17.5. The molecule has 33 heteroatoms. The van der Waals surface area contributed by atoms with Crippen molar-refractivity contribution in [1.82, 2.24) is 44.1 Å². The first kappa shape index (κ1) is 80.9. The van der Waals surface area contributed by atoms with Gasteiger partial charge < -0.3 is 46.0 Å². The van der Waals surface area contributed by atoms with Crippen LogP contribution in [0.4, 0.5) is 34.9 Å². The van der Waals surface area contributed by atoms with Gasteiger partial charge in [-0.25, -0.2) is 58.5 Å². The van der Waals surface area contributed by atoms with Crippen molar-refractivity contribution in [2.75, 3.05) is 50.3 Å². The number of anilines is 6. The average molecular weight is 1550 g/mol. The van der Waals surface area contributed by atoms with Crippen LogP contribution in [-0.4, -0.2) is 160 Å². The van der Waals surface area contributed by atoms with Gasteiger partial charge in [-0.2, -0.15) is 25.3 Å². The van der Waals surface area contributed by atoms with Crippen LogP contribution >= 0.6 is 0 Å². The van der Waals surface area contributed by atoms with Gasteiger partial charge in [0, 0.05) is 69.6 Å². The van der Waals surface area contributed by atoms with E-state index in [0.29, 0.717) is 75.6 Å². The first-order valence-electron chi connectivity index (χ1n) is 36.0. The summed E-state index contributed by atoms with van der Waals surface area (Å²) < 4.78 is 84.9. The van der Waals surface area contributed by atoms with E-state index in [0.717, 1.165) is 36.3 Å². The van der Waals surface area contributed by atoms with Crippen LogP contribution in [0.3, 0.4) is 0 Å². The van der Waals surface area contributed by atoms with Crippen molar-refractivity contribution in [2.45, 2.75) is 228 Å². The quantitative estimate of drug-likeness (QED) is 0.0796. The molecule has 3 fully saturated rings. The summed E-state index contributed by atoms with van der Waals surface area (Å²) in [7, 11) is -13.0. The molecule has 108 heavy (non-hydrogen) atoms. The molecule has 6 aliphatic rings. The molecule has 0 aromatic carbocycles. The van der Waals surface area contributed by atoms with Crippen LogP contribution in [0, 0.1) is 17.8 Å². The van der Waals surface area contributed by atoms with Crippen LogP contribution in [0.25, 0.3) is 0 Å². The molecule has 12 bridgehead atoms. The average Bonchev–Trinajstić information content (AvgIpc) is 1.62. The third kappa shape index (κ3) is 18.4. The van der Waals surface area contributed by atoms with Crippen molar-refractivity contribution in [3.8, 4) is 0 Å². The van der Waals surface area contributed by atoms with E-state index in [4.69, 9.17) is 15.0 Å². The number of amides is 3. The van der Waals surface area contributed by atoms with Crippen molar-refractivity contribution in [3.05, 3.63) is 125 Å². The Kier molecular flexibility index (Phi) is 22.5. The third-order valence-corrected chi connectivity index (χ3v) is 24.1. The first-order chi connectivity index (χ1) is 50.0. The van der Waals surface area contributed by atoms with Gasteiger partial charge in [-0.1, -0.05) is 80.5 Å². The lowest BCUT2D eigenvalue weighted by Gasteiger charge is -2.34. The Balaban J connectivity index is 0.000000173. The van der Waals surface area contributed by atoms with Gasteiger partial charge in [0.1, 0.15) is 53.0 Å². The highest BCUT2D eigenvalue weighted by atomic mass is 32.2.